The van der Waals surface area contributed by atoms with Crippen LogP contribution in [0.2, 0.25) is 0 Å². The largest absolute Gasteiger partial charge is 0.368 e. The Morgan fingerprint density at radius 1 is 1.26 bits per heavy atom. The zero-order valence-corrected chi connectivity index (χ0v) is 11.3. The molecule has 1 fully saturated rings. The molecule has 5 nitrogen and oxygen atoms in total. The molecule has 0 aliphatic heterocycles. The Kier molecular flexibility index (Phi) is 2.47. The summed E-state index contributed by atoms with van der Waals surface area (Å²) in [6.07, 6.45) is 2.69. The summed E-state index contributed by atoms with van der Waals surface area (Å²) in [6, 6.07) is 9.01. The normalized spacial score (nSPS) is 17.3. The first-order chi connectivity index (χ1) is 8.92. The third-order valence-electron chi connectivity index (χ3n) is 3.65. The molecule has 2 aromatic rings. The minimum absolute atomic E-state index is 0.258. The van der Waals surface area contributed by atoms with E-state index in [-0.39, 0.29) is 5.88 Å². The van der Waals surface area contributed by atoms with Crippen LogP contribution in [0.1, 0.15) is 18.4 Å². The molecule has 6 heteroatoms. The van der Waals surface area contributed by atoms with Gasteiger partial charge in [0.15, 0.2) is 9.84 Å². The topological polar surface area (TPSA) is 86.2 Å². The number of rotatable bonds is 3. The highest BCUT2D eigenvalue weighted by molar-refractivity contribution is 7.92. The Labute approximate surface area is 111 Å². The van der Waals surface area contributed by atoms with E-state index < -0.39 is 14.6 Å². The van der Waals surface area contributed by atoms with Crippen LogP contribution in [-0.4, -0.2) is 19.8 Å². The van der Waals surface area contributed by atoms with Gasteiger partial charge in [-0.05, 0) is 18.4 Å². The first kappa shape index (κ1) is 12.2. The van der Waals surface area contributed by atoms with Crippen molar-refractivity contribution in [2.75, 3.05) is 12.0 Å². The third-order valence-corrected chi connectivity index (χ3v) is 5.71. The minimum atomic E-state index is -3.07. The van der Waals surface area contributed by atoms with Crippen molar-refractivity contribution in [3.63, 3.8) is 0 Å². The number of hydrogen-bond acceptors (Lipinski definition) is 5. The second-order valence-corrected chi connectivity index (χ2v) is 7.28. The van der Waals surface area contributed by atoms with Gasteiger partial charge in [-0.3, -0.25) is 0 Å². The lowest BCUT2D eigenvalue weighted by molar-refractivity contribution is 0.439. The summed E-state index contributed by atoms with van der Waals surface area (Å²) in [4.78, 5) is 0. The number of aromatic nitrogens is 1. The number of nitrogen functional groups attached to an aromatic ring is 1. The summed E-state index contributed by atoms with van der Waals surface area (Å²) < 4.78 is 27.8. The molecule has 1 aromatic heterocycles. The van der Waals surface area contributed by atoms with E-state index in [0.717, 1.165) is 11.1 Å². The molecule has 1 aliphatic carbocycles. The van der Waals surface area contributed by atoms with E-state index in [2.05, 4.69) is 5.16 Å². The molecule has 0 spiro atoms. The molecule has 0 unspecified atom stereocenters. The maximum Gasteiger partial charge on any atom is 0.222 e. The number of hydrogen-bond donors (Lipinski definition) is 1. The van der Waals surface area contributed by atoms with Crippen molar-refractivity contribution in [3.05, 3.63) is 35.9 Å². The van der Waals surface area contributed by atoms with E-state index in [1.807, 2.05) is 24.3 Å². The number of anilines is 1. The van der Waals surface area contributed by atoms with Crippen LogP contribution in [-0.2, 0) is 14.6 Å². The molecule has 1 saturated carbocycles. The standard InChI is InChI=1S/C13H14N2O3S/c1-19(16,17)13(6-7-13)10-4-2-9(3-5-10)11-8-12(14)18-15-11/h2-5,8H,6-7,14H2,1H3. The lowest BCUT2D eigenvalue weighted by Gasteiger charge is -2.13. The average Bonchev–Trinajstić information content (AvgIpc) is 3.07. The van der Waals surface area contributed by atoms with E-state index in [4.69, 9.17) is 10.3 Å². The van der Waals surface area contributed by atoms with Gasteiger partial charge in [0.2, 0.25) is 5.88 Å². The first-order valence-corrected chi connectivity index (χ1v) is 7.84. The minimum Gasteiger partial charge on any atom is -0.368 e. The monoisotopic (exact) mass is 278 g/mol. The zero-order valence-electron chi connectivity index (χ0n) is 10.5. The van der Waals surface area contributed by atoms with Crippen molar-refractivity contribution in [1.82, 2.24) is 5.16 Å². The molecular formula is C13H14N2O3S. The second-order valence-electron chi connectivity index (χ2n) is 4.96. The predicted molar refractivity (Wildman–Crippen MR) is 72.1 cm³/mol. The molecular weight excluding hydrogens is 264 g/mol. The van der Waals surface area contributed by atoms with E-state index in [9.17, 15) is 8.42 Å². The van der Waals surface area contributed by atoms with Crippen LogP contribution in [0.3, 0.4) is 0 Å². The molecule has 0 saturated heterocycles. The van der Waals surface area contributed by atoms with Crippen LogP contribution < -0.4 is 5.73 Å². The molecule has 3 rings (SSSR count). The number of benzene rings is 1. The van der Waals surface area contributed by atoms with Gasteiger partial charge in [-0.25, -0.2) is 8.42 Å². The fraction of sp³-hybridized carbons (Fsp3) is 0.308. The molecule has 0 atom stereocenters. The lowest BCUT2D eigenvalue weighted by atomic mass is 10.1. The molecule has 1 heterocycles. The van der Waals surface area contributed by atoms with Gasteiger partial charge >= 0.3 is 0 Å². The summed E-state index contributed by atoms with van der Waals surface area (Å²) in [5, 5.41) is 3.82. The van der Waals surface area contributed by atoms with Gasteiger partial charge in [0.1, 0.15) is 5.69 Å². The van der Waals surface area contributed by atoms with Gasteiger partial charge in [0.05, 0.1) is 4.75 Å². The summed E-state index contributed by atoms with van der Waals surface area (Å²) in [5.74, 6) is 0.258. The maximum absolute atomic E-state index is 11.8. The number of sulfone groups is 1. The summed E-state index contributed by atoms with van der Waals surface area (Å²) in [7, 11) is -3.07. The summed E-state index contributed by atoms with van der Waals surface area (Å²) >= 11 is 0. The van der Waals surface area contributed by atoms with Gasteiger partial charge in [-0.2, -0.15) is 0 Å². The van der Waals surface area contributed by atoms with Crippen molar-refractivity contribution in [2.45, 2.75) is 17.6 Å². The average molecular weight is 278 g/mol. The van der Waals surface area contributed by atoms with Crippen molar-refractivity contribution in [2.24, 2.45) is 0 Å². The SMILES string of the molecule is CS(=O)(=O)C1(c2ccc(-c3cc(N)on3)cc2)CC1. The summed E-state index contributed by atoms with van der Waals surface area (Å²) in [6.45, 7) is 0. The Bertz CT molecular complexity index is 713. The molecule has 1 aliphatic rings. The van der Waals surface area contributed by atoms with Crippen LogP contribution >= 0.6 is 0 Å². The molecule has 1 aromatic carbocycles. The maximum atomic E-state index is 11.8. The highest BCUT2D eigenvalue weighted by atomic mass is 32.2. The summed E-state index contributed by atoms with van der Waals surface area (Å²) in [5.41, 5.74) is 7.82. The van der Waals surface area contributed by atoms with Crippen LogP contribution in [0, 0.1) is 0 Å². The highest BCUT2D eigenvalue weighted by Crippen LogP contribution is 2.52. The Hall–Kier alpha value is -1.82. The smallest absolute Gasteiger partial charge is 0.222 e. The Balaban J connectivity index is 1.96. The van der Waals surface area contributed by atoms with Gasteiger partial charge in [-0.1, -0.05) is 29.4 Å². The fourth-order valence-corrected chi connectivity index (χ4v) is 3.77. The first-order valence-electron chi connectivity index (χ1n) is 5.95. The third kappa shape index (κ3) is 1.92. The van der Waals surface area contributed by atoms with Gasteiger partial charge < -0.3 is 10.3 Å². The van der Waals surface area contributed by atoms with E-state index in [1.54, 1.807) is 6.07 Å². The molecule has 0 amide bonds. The van der Waals surface area contributed by atoms with Gasteiger partial charge in [0, 0.05) is 17.9 Å². The molecule has 19 heavy (non-hydrogen) atoms. The molecule has 2 N–H and O–H groups in total. The zero-order chi connectivity index (χ0) is 13.7. The molecule has 0 radical (unpaired) electrons. The van der Waals surface area contributed by atoms with Crippen molar-refractivity contribution < 1.29 is 12.9 Å². The fourth-order valence-electron chi connectivity index (χ4n) is 2.36. The quantitative estimate of drug-likeness (QED) is 0.927. The molecule has 0 bridgehead atoms. The van der Waals surface area contributed by atoms with Crippen LogP contribution in [0.4, 0.5) is 5.88 Å². The van der Waals surface area contributed by atoms with Gasteiger partial charge in [0.25, 0.3) is 0 Å². The molecule has 100 valence electrons. The van der Waals surface area contributed by atoms with Crippen molar-refractivity contribution >= 4 is 15.7 Å². The van der Waals surface area contributed by atoms with Crippen molar-refractivity contribution in [3.8, 4) is 11.3 Å². The van der Waals surface area contributed by atoms with Crippen LogP contribution in [0.25, 0.3) is 11.3 Å². The Morgan fingerprint density at radius 2 is 1.89 bits per heavy atom. The Morgan fingerprint density at radius 3 is 2.32 bits per heavy atom. The van der Waals surface area contributed by atoms with E-state index in [0.29, 0.717) is 18.5 Å². The second kappa shape index (κ2) is 3.84. The van der Waals surface area contributed by atoms with E-state index >= 15 is 0 Å². The van der Waals surface area contributed by atoms with E-state index in [1.165, 1.54) is 6.26 Å². The number of nitrogens with zero attached hydrogens (tertiary/aromatic N) is 1. The van der Waals surface area contributed by atoms with Crippen LogP contribution in [0.5, 0.6) is 0 Å². The predicted octanol–water partition coefficient (Wildman–Crippen LogP) is 1.96. The highest BCUT2D eigenvalue weighted by Gasteiger charge is 2.53. The van der Waals surface area contributed by atoms with Gasteiger partial charge in [-0.15, -0.1) is 0 Å². The number of nitrogens with two attached hydrogens (primary N) is 1. The van der Waals surface area contributed by atoms with Crippen molar-refractivity contribution in [1.29, 1.82) is 0 Å². The lowest BCUT2D eigenvalue weighted by Crippen LogP contribution is -2.19. The van der Waals surface area contributed by atoms with Crippen LogP contribution in [0.15, 0.2) is 34.9 Å².